The van der Waals surface area contributed by atoms with Gasteiger partial charge in [0.1, 0.15) is 0 Å². The predicted molar refractivity (Wildman–Crippen MR) is 113 cm³/mol. The third kappa shape index (κ3) is 4.08. The lowest BCUT2D eigenvalue weighted by Crippen LogP contribution is -2.29. The van der Waals surface area contributed by atoms with Crippen molar-refractivity contribution in [2.45, 2.75) is 44.0 Å². The lowest BCUT2D eigenvalue weighted by Gasteiger charge is -2.15. The molecule has 29 heavy (non-hydrogen) atoms. The molecule has 1 aromatic carbocycles. The van der Waals surface area contributed by atoms with E-state index in [1.807, 2.05) is 16.8 Å². The summed E-state index contributed by atoms with van der Waals surface area (Å²) in [5.74, 6) is 0. The minimum absolute atomic E-state index is 0.213. The molecule has 0 radical (unpaired) electrons. The molecule has 2 heterocycles. The van der Waals surface area contributed by atoms with E-state index in [0.29, 0.717) is 17.1 Å². The summed E-state index contributed by atoms with van der Waals surface area (Å²) in [7, 11) is -3.63. The van der Waals surface area contributed by atoms with Crippen LogP contribution in [0.2, 0.25) is 5.02 Å². The Kier molecular flexibility index (Phi) is 5.72. The molecule has 0 fully saturated rings. The van der Waals surface area contributed by atoms with E-state index in [2.05, 4.69) is 9.71 Å². The summed E-state index contributed by atoms with van der Waals surface area (Å²) in [6.45, 7) is 2.45. The summed E-state index contributed by atoms with van der Waals surface area (Å²) in [4.78, 5) is 4.30. The SMILES string of the molecule is Cc1c(Cl)cccc1S(=O)(=O)NCCn1nc(-c2ccncc2)c2c1CCCC2. The number of sulfonamides is 1. The summed E-state index contributed by atoms with van der Waals surface area (Å²) >= 11 is 6.08. The van der Waals surface area contributed by atoms with Crippen LogP contribution in [0.3, 0.4) is 0 Å². The molecule has 1 aliphatic rings. The van der Waals surface area contributed by atoms with Crippen LogP contribution in [-0.2, 0) is 29.4 Å². The number of nitrogens with zero attached hydrogens (tertiary/aromatic N) is 3. The van der Waals surface area contributed by atoms with Crippen LogP contribution in [0.4, 0.5) is 0 Å². The van der Waals surface area contributed by atoms with Crippen molar-refractivity contribution >= 4 is 21.6 Å². The molecular formula is C21H23ClN4O2S. The maximum absolute atomic E-state index is 12.7. The van der Waals surface area contributed by atoms with Crippen LogP contribution < -0.4 is 4.72 Å². The topological polar surface area (TPSA) is 76.9 Å². The number of hydrogen-bond donors (Lipinski definition) is 1. The maximum Gasteiger partial charge on any atom is 0.240 e. The van der Waals surface area contributed by atoms with Gasteiger partial charge < -0.3 is 0 Å². The number of aromatic nitrogens is 3. The molecule has 0 saturated carbocycles. The Bertz CT molecular complexity index is 1130. The van der Waals surface area contributed by atoms with Crippen LogP contribution in [0.15, 0.2) is 47.6 Å². The Hall–Kier alpha value is -2.22. The third-order valence-corrected chi connectivity index (χ3v) is 7.35. The Balaban J connectivity index is 1.55. The zero-order valence-electron chi connectivity index (χ0n) is 16.2. The van der Waals surface area contributed by atoms with Gasteiger partial charge in [0.25, 0.3) is 0 Å². The number of nitrogens with one attached hydrogen (secondary N) is 1. The van der Waals surface area contributed by atoms with Gasteiger partial charge in [0, 0.05) is 40.8 Å². The van der Waals surface area contributed by atoms with E-state index in [4.69, 9.17) is 16.7 Å². The third-order valence-electron chi connectivity index (χ3n) is 5.33. The van der Waals surface area contributed by atoms with Crippen molar-refractivity contribution in [2.24, 2.45) is 0 Å². The van der Waals surface area contributed by atoms with Gasteiger partial charge in [-0.05, 0) is 62.4 Å². The zero-order chi connectivity index (χ0) is 20.4. The van der Waals surface area contributed by atoms with E-state index in [9.17, 15) is 8.42 Å². The highest BCUT2D eigenvalue weighted by atomic mass is 35.5. The number of benzene rings is 1. The average Bonchev–Trinajstić information content (AvgIpc) is 3.09. The molecule has 8 heteroatoms. The first-order chi connectivity index (χ1) is 14.0. The molecule has 0 saturated heterocycles. The van der Waals surface area contributed by atoms with Gasteiger partial charge in [-0.3, -0.25) is 9.67 Å². The fourth-order valence-corrected chi connectivity index (χ4v) is 5.36. The molecule has 0 amide bonds. The van der Waals surface area contributed by atoms with Crippen LogP contribution >= 0.6 is 11.6 Å². The Labute approximate surface area is 176 Å². The Morgan fingerprint density at radius 3 is 2.69 bits per heavy atom. The molecular weight excluding hydrogens is 408 g/mol. The second-order valence-corrected chi connectivity index (χ2v) is 9.34. The lowest BCUT2D eigenvalue weighted by atomic mass is 9.94. The average molecular weight is 431 g/mol. The van der Waals surface area contributed by atoms with Crippen molar-refractivity contribution in [1.29, 1.82) is 0 Å². The molecule has 1 aliphatic carbocycles. The van der Waals surface area contributed by atoms with Crippen LogP contribution in [-0.4, -0.2) is 29.7 Å². The summed E-state index contributed by atoms with van der Waals surface area (Å²) in [6.07, 6.45) is 7.78. The minimum atomic E-state index is -3.63. The fourth-order valence-electron chi connectivity index (χ4n) is 3.84. The highest BCUT2D eigenvalue weighted by Gasteiger charge is 2.22. The van der Waals surface area contributed by atoms with Crippen molar-refractivity contribution in [3.63, 3.8) is 0 Å². The smallest absolute Gasteiger partial charge is 0.240 e. The number of rotatable bonds is 6. The first-order valence-electron chi connectivity index (χ1n) is 9.71. The number of pyridine rings is 1. The molecule has 2 aromatic heterocycles. The van der Waals surface area contributed by atoms with Crippen LogP contribution in [0.1, 0.15) is 29.7 Å². The van der Waals surface area contributed by atoms with Crippen LogP contribution in [0, 0.1) is 6.92 Å². The van der Waals surface area contributed by atoms with Gasteiger partial charge in [0.2, 0.25) is 10.0 Å². The monoisotopic (exact) mass is 430 g/mol. The molecule has 0 aliphatic heterocycles. The van der Waals surface area contributed by atoms with Crippen LogP contribution in [0.25, 0.3) is 11.3 Å². The normalized spacial score (nSPS) is 14.0. The fraction of sp³-hybridized carbons (Fsp3) is 0.333. The van der Waals surface area contributed by atoms with Gasteiger partial charge in [-0.2, -0.15) is 5.10 Å². The predicted octanol–water partition coefficient (Wildman–Crippen LogP) is 3.76. The molecule has 0 spiro atoms. The van der Waals surface area contributed by atoms with E-state index in [-0.39, 0.29) is 11.4 Å². The molecule has 0 unspecified atom stereocenters. The first kappa shape index (κ1) is 20.1. The zero-order valence-corrected chi connectivity index (χ0v) is 17.8. The van der Waals surface area contributed by atoms with E-state index < -0.39 is 10.0 Å². The van der Waals surface area contributed by atoms with Crippen molar-refractivity contribution in [1.82, 2.24) is 19.5 Å². The van der Waals surface area contributed by atoms with Crippen molar-refractivity contribution in [3.05, 3.63) is 64.6 Å². The van der Waals surface area contributed by atoms with Gasteiger partial charge >= 0.3 is 0 Å². The van der Waals surface area contributed by atoms with Gasteiger partial charge in [-0.15, -0.1) is 0 Å². The summed E-state index contributed by atoms with van der Waals surface area (Å²) in [5, 5.41) is 5.26. The van der Waals surface area contributed by atoms with Gasteiger partial charge in [0.15, 0.2) is 0 Å². The molecule has 3 aromatic rings. The Morgan fingerprint density at radius 1 is 1.14 bits per heavy atom. The lowest BCUT2D eigenvalue weighted by molar-refractivity contribution is 0.538. The minimum Gasteiger partial charge on any atom is -0.267 e. The molecule has 4 rings (SSSR count). The molecule has 0 bridgehead atoms. The number of halogens is 1. The van der Waals surface area contributed by atoms with Crippen LogP contribution in [0.5, 0.6) is 0 Å². The number of hydrogen-bond acceptors (Lipinski definition) is 4. The van der Waals surface area contributed by atoms with Crippen molar-refractivity contribution in [2.75, 3.05) is 6.54 Å². The Morgan fingerprint density at radius 2 is 1.90 bits per heavy atom. The molecule has 6 nitrogen and oxygen atoms in total. The number of fused-ring (bicyclic) bond motifs is 1. The van der Waals surface area contributed by atoms with Crippen molar-refractivity contribution < 1.29 is 8.42 Å². The quantitative estimate of drug-likeness (QED) is 0.645. The summed E-state index contributed by atoms with van der Waals surface area (Å²) in [6, 6.07) is 8.83. The van der Waals surface area contributed by atoms with Gasteiger partial charge in [-0.1, -0.05) is 17.7 Å². The highest BCUT2D eigenvalue weighted by Crippen LogP contribution is 2.31. The van der Waals surface area contributed by atoms with E-state index in [0.717, 1.165) is 36.9 Å². The van der Waals surface area contributed by atoms with E-state index in [1.54, 1.807) is 37.5 Å². The van der Waals surface area contributed by atoms with E-state index in [1.165, 1.54) is 11.3 Å². The largest absolute Gasteiger partial charge is 0.267 e. The molecule has 0 atom stereocenters. The molecule has 152 valence electrons. The summed E-state index contributed by atoms with van der Waals surface area (Å²) in [5.41, 5.74) is 5.07. The summed E-state index contributed by atoms with van der Waals surface area (Å²) < 4.78 is 30.1. The van der Waals surface area contributed by atoms with Crippen molar-refractivity contribution in [3.8, 4) is 11.3 Å². The second-order valence-electron chi connectivity index (χ2n) is 7.20. The van der Waals surface area contributed by atoms with Gasteiger partial charge in [-0.25, -0.2) is 13.1 Å². The second kappa shape index (κ2) is 8.26. The van der Waals surface area contributed by atoms with Gasteiger partial charge in [0.05, 0.1) is 17.1 Å². The standard InChI is InChI=1S/C21H23ClN4O2S/c1-15-18(22)6-4-8-20(15)29(27,28)24-13-14-26-19-7-3-2-5-17(19)21(25-26)16-9-11-23-12-10-16/h4,6,8-12,24H,2-3,5,7,13-14H2,1H3. The maximum atomic E-state index is 12.7. The highest BCUT2D eigenvalue weighted by molar-refractivity contribution is 7.89. The first-order valence-corrected chi connectivity index (χ1v) is 11.6. The molecule has 1 N–H and O–H groups in total. The van der Waals surface area contributed by atoms with E-state index >= 15 is 0 Å².